The first-order valence-corrected chi connectivity index (χ1v) is 2.93. The van der Waals surface area contributed by atoms with Crippen LogP contribution in [0.4, 0.5) is 11.5 Å². The molecule has 0 saturated carbocycles. The van der Waals surface area contributed by atoms with Crippen molar-refractivity contribution in [2.45, 2.75) is 6.92 Å². The summed E-state index contributed by atoms with van der Waals surface area (Å²) in [4.78, 5) is 11.9. The van der Waals surface area contributed by atoms with E-state index in [1.807, 2.05) is 6.92 Å². The van der Waals surface area contributed by atoms with E-state index in [0.29, 0.717) is 5.82 Å². The molecule has 4 heteroatoms. The number of aromatic nitrogens is 2. The van der Waals surface area contributed by atoms with Gasteiger partial charge < -0.3 is 0 Å². The molecule has 0 N–H and O–H groups in total. The van der Waals surface area contributed by atoms with Gasteiger partial charge in [-0.3, -0.25) is 0 Å². The highest BCUT2D eigenvalue weighted by atomic mass is 15.1. The van der Waals surface area contributed by atoms with Crippen LogP contribution in [0.3, 0.4) is 0 Å². The van der Waals surface area contributed by atoms with Crippen LogP contribution in [-0.4, -0.2) is 16.3 Å². The first kappa shape index (κ1) is 5.34. The second-order valence-electron chi connectivity index (χ2n) is 2.00. The average molecular weight is 133 g/mol. The van der Waals surface area contributed by atoms with Crippen LogP contribution in [0.1, 0.15) is 5.69 Å². The lowest BCUT2D eigenvalue weighted by Gasteiger charge is -1.94. The van der Waals surface area contributed by atoms with E-state index in [1.54, 1.807) is 0 Å². The molecule has 0 saturated heterocycles. The fraction of sp³-hybridized carbons (Fsp3) is 0.167. The molecular formula is C6H5N4. The van der Waals surface area contributed by atoms with Crippen LogP contribution in [0.25, 0.3) is 0 Å². The third-order valence-electron chi connectivity index (χ3n) is 1.35. The van der Waals surface area contributed by atoms with E-state index in [9.17, 15) is 0 Å². The predicted molar refractivity (Wildman–Crippen MR) is 36.7 cm³/mol. The fourth-order valence-corrected chi connectivity index (χ4v) is 0.841. The van der Waals surface area contributed by atoms with Gasteiger partial charge in [0.15, 0.2) is 5.82 Å². The molecule has 0 aromatic carbocycles. The minimum Gasteiger partial charge on any atom is -0.239 e. The summed E-state index contributed by atoms with van der Waals surface area (Å²) >= 11 is 0. The highest BCUT2D eigenvalue weighted by molar-refractivity contribution is 5.79. The number of aryl methyl sites for hydroxylation is 1. The Morgan fingerprint density at radius 1 is 1.30 bits per heavy atom. The molecule has 1 aromatic rings. The molecule has 2 heterocycles. The Balaban J connectivity index is 2.67. The maximum Gasteiger partial charge on any atom is 0.183 e. The maximum atomic E-state index is 3.98. The second-order valence-corrected chi connectivity index (χ2v) is 2.00. The number of rotatable bonds is 0. The smallest absolute Gasteiger partial charge is 0.183 e. The van der Waals surface area contributed by atoms with E-state index in [0.717, 1.165) is 11.4 Å². The summed E-state index contributed by atoms with van der Waals surface area (Å²) in [5.41, 5.74) is 1.67. The SMILES string of the molecule is Cc1ncnc2c1N=C[N]2. The Hall–Kier alpha value is -1.45. The van der Waals surface area contributed by atoms with E-state index >= 15 is 0 Å². The van der Waals surface area contributed by atoms with E-state index in [1.165, 1.54) is 12.7 Å². The molecule has 1 aromatic heterocycles. The minimum atomic E-state index is 0.674. The molecule has 10 heavy (non-hydrogen) atoms. The molecule has 1 aliphatic heterocycles. The molecule has 0 fully saturated rings. The van der Waals surface area contributed by atoms with Crippen LogP contribution in [0.15, 0.2) is 11.3 Å². The zero-order valence-corrected chi connectivity index (χ0v) is 5.44. The zero-order valence-electron chi connectivity index (χ0n) is 5.44. The Labute approximate surface area is 58.0 Å². The van der Waals surface area contributed by atoms with Crippen LogP contribution in [-0.2, 0) is 0 Å². The largest absolute Gasteiger partial charge is 0.239 e. The summed E-state index contributed by atoms with van der Waals surface area (Å²) in [5, 5.41) is 3.92. The normalized spacial score (nSPS) is 12.9. The molecule has 1 radical (unpaired) electrons. The van der Waals surface area contributed by atoms with Gasteiger partial charge in [-0.1, -0.05) is 0 Å². The van der Waals surface area contributed by atoms with Gasteiger partial charge in [0.2, 0.25) is 0 Å². The predicted octanol–water partition coefficient (Wildman–Crippen LogP) is 0.694. The van der Waals surface area contributed by atoms with Crippen LogP contribution < -0.4 is 5.32 Å². The van der Waals surface area contributed by atoms with E-state index in [2.05, 4.69) is 20.3 Å². The zero-order chi connectivity index (χ0) is 6.97. The second kappa shape index (κ2) is 1.76. The van der Waals surface area contributed by atoms with Crippen molar-refractivity contribution in [3.8, 4) is 0 Å². The van der Waals surface area contributed by atoms with Crippen molar-refractivity contribution in [2.24, 2.45) is 4.99 Å². The molecular weight excluding hydrogens is 128 g/mol. The average Bonchev–Trinajstić information content (AvgIpc) is 2.36. The summed E-state index contributed by atoms with van der Waals surface area (Å²) in [6.45, 7) is 1.89. The summed E-state index contributed by atoms with van der Waals surface area (Å²) in [5.74, 6) is 0.674. The fourth-order valence-electron chi connectivity index (χ4n) is 0.841. The monoisotopic (exact) mass is 133 g/mol. The lowest BCUT2D eigenvalue weighted by atomic mass is 10.4. The Morgan fingerprint density at radius 3 is 3.00 bits per heavy atom. The van der Waals surface area contributed by atoms with Crippen molar-refractivity contribution in [2.75, 3.05) is 0 Å². The minimum absolute atomic E-state index is 0.674. The van der Waals surface area contributed by atoms with E-state index in [-0.39, 0.29) is 0 Å². The van der Waals surface area contributed by atoms with Crippen molar-refractivity contribution in [1.29, 1.82) is 0 Å². The van der Waals surface area contributed by atoms with Gasteiger partial charge >= 0.3 is 0 Å². The van der Waals surface area contributed by atoms with Gasteiger partial charge in [-0.05, 0) is 6.92 Å². The Morgan fingerprint density at radius 2 is 2.20 bits per heavy atom. The van der Waals surface area contributed by atoms with Crippen molar-refractivity contribution < 1.29 is 0 Å². The van der Waals surface area contributed by atoms with Gasteiger partial charge in [-0.25, -0.2) is 20.3 Å². The molecule has 4 nitrogen and oxygen atoms in total. The number of nitrogens with zero attached hydrogens (tertiary/aromatic N) is 4. The molecule has 0 atom stereocenters. The maximum absolute atomic E-state index is 3.98. The van der Waals surface area contributed by atoms with Crippen molar-refractivity contribution >= 4 is 17.8 Å². The molecule has 2 rings (SSSR count). The summed E-state index contributed by atoms with van der Waals surface area (Å²) in [6, 6.07) is 0. The van der Waals surface area contributed by atoms with E-state index < -0.39 is 0 Å². The Bertz CT molecular complexity index is 292. The highest BCUT2D eigenvalue weighted by Crippen LogP contribution is 2.27. The third-order valence-corrected chi connectivity index (χ3v) is 1.35. The van der Waals surface area contributed by atoms with E-state index in [4.69, 9.17) is 0 Å². The van der Waals surface area contributed by atoms with Crippen molar-refractivity contribution in [1.82, 2.24) is 15.3 Å². The third kappa shape index (κ3) is 0.586. The van der Waals surface area contributed by atoms with Gasteiger partial charge in [0.25, 0.3) is 0 Å². The number of hydrogen-bond acceptors (Lipinski definition) is 3. The quantitative estimate of drug-likeness (QED) is 0.523. The number of fused-ring (bicyclic) bond motifs is 1. The standard InChI is InChI=1S/C6H5N4/c1-4-5-6(9-2-7-4)10-3-8-5/h2-3H,1H3. The Kier molecular flexibility index (Phi) is 0.943. The van der Waals surface area contributed by atoms with Gasteiger partial charge in [-0.15, -0.1) is 0 Å². The topological polar surface area (TPSA) is 52.2 Å². The lowest BCUT2D eigenvalue weighted by Crippen LogP contribution is -1.90. The summed E-state index contributed by atoms with van der Waals surface area (Å²) in [6.07, 6.45) is 2.98. The molecule has 1 aliphatic rings. The van der Waals surface area contributed by atoms with Crippen LogP contribution >= 0.6 is 0 Å². The van der Waals surface area contributed by atoms with Gasteiger partial charge in [0, 0.05) is 0 Å². The number of aliphatic imine (C=N–C) groups is 1. The first-order valence-electron chi connectivity index (χ1n) is 2.93. The van der Waals surface area contributed by atoms with Crippen molar-refractivity contribution in [3.63, 3.8) is 0 Å². The molecule has 0 amide bonds. The first-order chi connectivity index (χ1) is 4.88. The molecule has 0 unspecified atom stereocenters. The van der Waals surface area contributed by atoms with Gasteiger partial charge in [0.1, 0.15) is 18.4 Å². The van der Waals surface area contributed by atoms with Crippen LogP contribution in [0.2, 0.25) is 0 Å². The van der Waals surface area contributed by atoms with Gasteiger partial charge in [-0.2, -0.15) is 0 Å². The summed E-state index contributed by atoms with van der Waals surface area (Å²) in [7, 11) is 0. The molecule has 0 aliphatic carbocycles. The highest BCUT2D eigenvalue weighted by Gasteiger charge is 2.10. The van der Waals surface area contributed by atoms with Crippen LogP contribution in [0, 0.1) is 6.92 Å². The number of hydrogen-bond donors (Lipinski definition) is 0. The molecule has 0 bridgehead atoms. The van der Waals surface area contributed by atoms with Gasteiger partial charge in [0.05, 0.1) is 5.69 Å². The lowest BCUT2D eigenvalue weighted by molar-refractivity contribution is 1.07. The van der Waals surface area contributed by atoms with Crippen molar-refractivity contribution in [3.05, 3.63) is 12.0 Å². The van der Waals surface area contributed by atoms with Crippen LogP contribution in [0.5, 0.6) is 0 Å². The molecule has 49 valence electrons. The molecule has 0 spiro atoms. The summed E-state index contributed by atoms with van der Waals surface area (Å²) < 4.78 is 0.